The normalized spacial score (nSPS) is 33.6. The van der Waals surface area contributed by atoms with Crippen molar-refractivity contribution in [3.63, 3.8) is 0 Å². The van der Waals surface area contributed by atoms with Crippen LogP contribution in [-0.4, -0.2) is 23.4 Å². The predicted molar refractivity (Wildman–Crippen MR) is 96.7 cm³/mol. The Hall–Kier alpha value is -1.76. The van der Waals surface area contributed by atoms with Crippen LogP contribution in [0, 0.1) is 17.3 Å². The number of carbonyl (C=O) groups excluding carboxylic acids is 2. The van der Waals surface area contributed by atoms with Gasteiger partial charge < -0.3 is 10.1 Å². The molecule has 8 heteroatoms. The molecule has 4 fully saturated rings. The van der Waals surface area contributed by atoms with Gasteiger partial charge in [-0.2, -0.15) is 13.2 Å². The summed E-state index contributed by atoms with van der Waals surface area (Å²) in [7, 11) is 0. The maximum absolute atomic E-state index is 13.0. The van der Waals surface area contributed by atoms with E-state index in [1.807, 2.05) is 0 Å². The van der Waals surface area contributed by atoms with E-state index >= 15 is 0 Å². The second kappa shape index (κ2) is 6.65. The van der Waals surface area contributed by atoms with Gasteiger partial charge in [0.1, 0.15) is 0 Å². The van der Waals surface area contributed by atoms with Crippen LogP contribution >= 0.6 is 11.6 Å². The zero-order chi connectivity index (χ0) is 20.2. The largest absolute Gasteiger partial charge is 0.455 e. The van der Waals surface area contributed by atoms with Gasteiger partial charge in [0, 0.05) is 4.87 Å². The first-order valence-corrected chi connectivity index (χ1v) is 9.79. The molecule has 1 aromatic rings. The minimum atomic E-state index is -4.59. The van der Waals surface area contributed by atoms with E-state index in [1.54, 1.807) is 0 Å². The molecule has 0 saturated heterocycles. The number of hydrogen-bond acceptors (Lipinski definition) is 3. The Morgan fingerprint density at radius 2 is 1.79 bits per heavy atom. The highest BCUT2D eigenvalue weighted by molar-refractivity contribution is 6.24. The zero-order valence-electron chi connectivity index (χ0n) is 15.2. The molecule has 1 amide bonds. The minimum absolute atomic E-state index is 0.356. The van der Waals surface area contributed by atoms with Crippen LogP contribution in [0.1, 0.15) is 44.1 Å². The third kappa shape index (κ3) is 3.61. The summed E-state index contributed by atoms with van der Waals surface area (Å²) < 4.78 is 44.3. The Morgan fingerprint density at radius 1 is 1.14 bits per heavy atom. The number of nitrogens with one attached hydrogen (secondary N) is 1. The first-order valence-electron chi connectivity index (χ1n) is 9.41. The second-order valence-corrected chi connectivity index (χ2v) is 9.36. The van der Waals surface area contributed by atoms with Crippen LogP contribution in [0.15, 0.2) is 24.3 Å². The van der Waals surface area contributed by atoms with Gasteiger partial charge in [0.05, 0.1) is 16.7 Å². The van der Waals surface area contributed by atoms with E-state index in [9.17, 15) is 22.8 Å². The van der Waals surface area contributed by atoms with Gasteiger partial charge in [-0.15, -0.1) is 11.6 Å². The molecule has 4 saturated carbocycles. The zero-order valence-corrected chi connectivity index (χ0v) is 15.9. The van der Waals surface area contributed by atoms with Crippen molar-refractivity contribution in [1.29, 1.82) is 0 Å². The van der Waals surface area contributed by atoms with Gasteiger partial charge in [0.2, 0.25) is 0 Å². The van der Waals surface area contributed by atoms with Gasteiger partial charge in [0.25, 0.3) is 5.91 Å². The number of carbonyl (C=O) groups is 2. The molecule has 0 unspecified atom stereocenters. The molecular weight excluding hydrogens is 395 g/mol. The Balaban J connectivity index is 1.39. The van der Waals surface area contributed by atoms with Crippen molar-refractivity contribution >= 4 is 29.2 Å². The minimum Gasteiger partial charge on any atom is -0.455 e. The van der Waals surface area contributed by atoms with Crippen molar-refractivity contribution in [2.45, 2.75) is 49.6 Å². The number of rotatable bonds is 4. The highest BCUT2D eigenvalue weighted by atomic mass is 35.5. The molecule has 4 aliphatic carbocycles. The van der Waals surface area contributed by atoms with Crippen LogP contribution < -0.4 is 5.32 Å². The lowest BCUT2D eigenvalue weighted by molar-refractivity contribution is -0.171. The van der Waals surface area contributed by atoms with E-state index in [4.69, 9.17) is 16.3 Å². The molecule has 0 heterocycles. The van der Waals surface area contributed by atoms with Crippen molar-refractivity contribution < 1.29 is 27.5 Å². The van der Waals surface area contributed by atoms with E-state index in [-0.39, 0.29) is 10.6 Å². The van der Waals surface area contributed by atoms with Gasteiger partial charge in [-0.3, -0.25) is 9.59 Å². The maximum atomic E-state index is 13.0. The fourth-order valence-electron chi connectivity index (χ4n) is 5.70. The van der Waals surface area contributed by atoms with Gasteiger partial charge >= 0.3 is 12.1 Å². The molecule has 5 rings (SSSR count). The molecule has 1 aromatic carbocycles. The lowest BCUT2D eigenvalue weighted by Crippen LogP contribution is -2.56. The lowest BCUT2D eigenvalue weighted by atomic mass is 9.49. The molecular formula is C20H21ClF3NO3. The number of ether oxygens (including phenoxy) is 1. The first kappa shape index (κ1) is 19.6. The van der Waals surface area contributed by atoms with Crippen molar-refractivity contribution in [2.75, 3.05) is 11.9 Å². The summed E-state index contributed by atoms with van der Waals surface area (Å²) in [6.45, 7) is -0.614. The predicted octanol–water partition coefficient (Wildman–Crippen LogP) is 4.76. The van der Waals surface area contributed by atoms with Crippen molar-refractivity contribution in [1.82, 2.24) is 0 Å². The quantitative estimate of drug-likeness (QED) is 0.569. The summed E-state index contributed by atoms with van der Waals surface area (Å²) in [5.74, 6) is -0.446. The van der Waals surface area contributed by atoms with E-state index in [0.29, 0.717) is 18.3 Å². The molecule has 152 valence electrons. The molecule has 0 spiro atoms. The standard InChI is InChI=1S/C20H21ClF3NO3/c21-19-8-12-5-13(9-19)7-18(6-12,11-19)17(27)28-10-16(26)25-15-4-2-1-3-14(15)20(22,23)24/h1-4,12-13H,5-11H2,(H,25,26)/t12-,13-,18?,19?/m1/s1. The Kier molecular flexibility index (Phi) is 4.64. The molecule has 0 radical (unpaired) electrons. The fourth-order valence-corrected chi connectivity index (χ4v) is 6.39. The van der Waals surface area contributed by atoms with Gasteiger partial charge in [-0.1, -0.05) is 12.1 Å². The molecule has 4 nitrogen and oxygen atoms in total. The van der Waals surface area contributed by atoms with Crippen LogP contribution in [0.5, 0.6) is 0 Å². The monoisotopic (exact) mass is 415 g/mol. The molecule has 0 aliphatic heterocycles. The van der Waals surface area contributed by atoms with Crippen LogP contribution in [-0.2, 0) is 20.5 Å². The number of halogens is 4. The number of alkyl halides is 4. The summed E-state index contributed by atoms with van der Waals surface area (Å²) in [5, 5.41) is 2.19. The summed E-state index contributed by atoms with van der Waals surface area (Å²) in [6, 6.07) is 4.69. The van der Waals surface area contributed by atoms with E-state index in [0.717, 1.165) is 38.2 Å². The molecule has 4 bridgehead atoms. The summed E-state index contributed by atoms with van der Waals surface area (Å²) in [6.07, 6.45) is 0.298. The third-order valence-electron chi connectivity index (χ3n) is 6.26. The third-order valence-corrected chi connectivity index (χ3v) is 6.71. The van der Waals surface area contributed by atoms with E-state index in [1.165, 1.54) is 18.2 Å². The van der Waals surface area contributed by atoms with E-state index in [2.05, 4.69) is 5.32 Å². The Morgan fingerprint density at radius 3 is 2.39 bits per heavy atom. The summed E-state index contributed by atoms with van der Waals surface area (Å²) in [5.41, 5.74) is -1.96. The molecule has 4 aliphatic rings. The topological polar surface area (TPSA) is 55.4 Å². The van der Waals surface area contributed by atoms with Crippen LogP contribution in [0.4, 0.5) is 18.9 Å². The molecule has 28 heavy (non-hydrogen) atoms. The fraction of sp³-hybridized carbons (Fsp3) is 0.600. The number of benzene rings is 1. The van der Waals surface area contributed by atoms with Gasteiger partial charge in [-0.25, -0.2) is 0 Å². The maximum Gasteiger partial charge on any atom is 0.418 e. The molecule has 2 atom stereocenters. The summed E-state index contributed by atoms with van der Waals surface area (Å²) in [4.78, 5) is 24.5. The average Bonchev–Trinajstić information content (AvgIpc) is 2.57. The number of hydrogen-bond donors (Lipinski definition) is 1. The van der Waals surface area contributed by atoms with Gasteiger partial charge in [0.15, 0.2) is 6.61 Å². The lowest BCUT2D eigenvalue weighted by Gasteiger charge is -2.58. The number of para-hydroxylation sites is 1. The van der Waals surface area contributed by atoms with Gasteiger partial charge in [-0.05, 0) is 62.5 Å². The number of esters is 1. The Labute approximate surface area is 165 Å². The summed E-state index contributed by atoms with van der Waals surface area (Å²) >= 11 is 6.70. The highest BCUT2D eigenvalue weighted by Gasteiger charge is 2.60. The van der Waals surface area contributed by atoms with Crippen molar-refractivity contribution in [3.8, 4) is 0 Å². The first-order chi connectivity index (χ1) is 13.1. The second-order valence-electron chi connectivity index (χ2n) is 8.56. The van der Waals surface area contributed by atoms with Crippen LogP contribution in [0.3, 0.4) is 0 Å². The smallest absolute Gasteiger partial charge is 0.418 e. The molecule has 1 N–H and O–H groups in total. The Bertz CT molecular complexity index is 796. The highest BCUT2D eigenvalue weighted by Crippen LogP contribution is 2.64. The molecule has 0 aromatic heterocycles. The van der Waals surface area contributed by atoms with Crippen molar-refractivity contribution in [3.05, 3.63) is 29.8 Å². The van der Waals surface area contributed by atoms with Crippen LogP contribution in [0.2, 0.25) is 0 Å². The van der Waals surface area contributed by atoms with Crippen LogP contribution in [0.25, 0.3) is 0 Å². The number of amides is 1. The van der Waals surface area contributed by atoms with Crippen molar-refractivity contribution in [2.24, 2.45) is 17.3 Å². The van der Waals surface area contributed by atoms with E-state index < -0.39 is 35.6 Å². The SMILES string of the molecule is O=C(COC(=O)C12C[C@H]3C[C@@H](CC(Cl)(C3)C1)C2)Nc1ccccc1C(F)(F)F. The average molecular weight is 416 g/mol. The number of anilines is 1.